The smallest absolute Gasteiger partial charge is 0.311 e. The lowest BCUT2D eigenvalue weighted by molar-refractivity contribution is -0.384. The zero-order chi connectivity index (χ0) is 16.3. The Hall–Kier alpha value is -2.26. The molecule has 0 aromatic carbocycles. The van der Waals surface area contributed by atoms with Gasteiger partial charge in [-0.15, -0.1) is 0 Å². The molecule has 1 aliphatic rings. The predicted octanol–water partition coefficient (Wildman–Crippen LogP) is 0.102. The van der Waals surface area contributed by atoms with Crippen LogP contribution in [-0.4, -0.2) is 44.3 Å². The minimum atomic E-state index is -1.12. The molecule has 0 saturated heterocycles. The van der Waals surface area contributed by atoms with Crippen LogP contribution in [0.25, 0.3) is 0 Å². The van der Waals surface area contributed by atoms with E-state index in [2.05, 4.69) is 10.3 Å². The molecule has 1 aromatic rings. The molecular weight excluding hydrogens is 292 g/mol. The first-order chi connectivity index (χ1) is 10.4. The van der Waals surface area contributed by atoms with Crippen LogP contribution in [0.4, 0.5) is 11.5 Å². The Kier molecular flexibility index (Phi) is 4.88. The Bertz CT molecular complexity index is 567. The van der Waals surface area contributed by atoms with E-state index in [4.69, 9.17) is 5.73 Å². The summed E-state index contributed by atoms with van der Waals surface area (Å²) in [6.07, 6.45) is -0.132. The van der Waals surface area contributed by atoms with E-state index < -0.39 is 29.1 Å². The molecule has 4 N–H and O–H groups in total. The third-order valence-electron chi connectivity index (χ3n) is 3.85. The Morgan fingerprint density at radius 2 is 2.23 bits per heavy atom. The van der Waals surface area contributed by atoms with Crippen molar-refractivity contribution in [1.29, 1.82) is 0 Å². The monoisotopic (exact) mass is 309 g/mol. The van der Waals surface area contributed by atoms with Gasteiger partial charge in [0.2, 0.25) is 11.7 Å². The number of nitrogens with one attached hydrogen (secondary N) is 2. The highest BCUT2D eigenvalue weighted by atomic mass is 16.6. The molecule has 0 bridgehead atoms. The molecule has 1 aromatic heterocycles. The third-order valence-corrected chi connectivity index (χ3v) is 3.85. The van der Waals surface area contributed by atoms with Crippen molar-refractivity contribution in [3.63, 3.8) is 0 Å². The van der Waals surface area contributed by atoms with Crippen molar-refractivity contribution in [1.82, 2.24) is 10.7 Å². The van der Waals surface area contributed by atoms with E-state index in [-0.39, 0.29) is 23.8 Å². The van der Waals surface area contributed by atoms with Gasteiger partial charge in [0, 0.05) is 18.7 Å². The fraction of sp³-hybridized carbons (Fsp3) is 0.538. The zero-order valence-electron chi connectivity index (χ0n) is 11.7. The number of aliphatic hydroxyl groups is 2. The molecule has 9 nitrogen and oxygen atoms in total. The molecule has 0 aliphatic heterocycles. The molecule has 4 atom stereocenters. The van der Waals surface area contributed by atoms with Gasteiger partial charge in [0.05, 0.1) is 17.1 Å². The summed E-state index contributed by atoms with van der Waals surface area (Å²) < 4.78 is 0. The van der Waals surface area contributed by atoms with Crippen LogP contribution < -0.4 is 11.1 Å². The Morgan fingerprint density at radius 3 is 2.86 bits per heavy atom. The second-order valence-electron chi connectivity index (χ2n) is 5.32. The van der Waals surface area contributed by atoms with Crippen LogP contribution in [0.1, 0.15) is 19.3 Å². The number of rotatable bonds is 6. The molecule has 2 rings (SSSR count). The number of nitro groups is 1. The van der Waals surface area contributed by atoms with Crippen molar-refractivity contribution in [3.05, 3.63) is 28.4 Å². The van der Waals surface area contributed by atoms with Crippen molar-refractivity contribution in [3.8, 4) is 0 Å². The summed E-state index contributed by atoms with van der Waals surface area (Å²) in [5, 5.41) is 33.8. The number of carbonyl (C=O) groups excluding carboxylic acids is 1. The lowest BCUT2D eigenvalue weighted by atomic mass is 9.99. The fourth-order valence-corrected chi connectivity index (χ4v) is 2.70. The van der Waals surface area contributed by atoms with E-state index in [0.717, 1.165) is 0 Å². The molecule has 1 heterocycles. The van der Waals surface area contributed by atoms with Gasteiger partial charge in [-0.25, -0.2) is 4.98 Å². The van der Waals surface area contributed by atoms with Crippen LogP contribution in [0.5, 0.6) is 0 Å². The first kappa shape index (κ1) is 16.1. The van der Waals surface area contributed by atoms with Crippen molar-refractivity contribution < 1.29 is 19.9 Å². The highest BCUT2D eigenvalue weighted by Gasteiger charge is 2.42. The normalized spacial score (nSPS) is 27.5. The van der Waals surface area contributed by atoms with Gasteiger partial charge < -0.3 is 15.5 Å². The number of pyridine rings is 1. The molecule has 1 fully saturated rings. The first-order valence-electron chi connectivity index (χ1n) is 6.86. The van der Waals surface area contributed by atoms with Gasteiger partial charge in [-0.2, -0.15) is 0 Å². The van der Waals surface area contributed by atoms with Gasteiger partial charge in [-0.3, -0.25) is 20.6 Å². The van der Waals surface area contributed by atoms with Gasteiger partial charge >= 0.3 is 5.69 Å². The van der Waals surface area contributed by atoms with Gasteiger partial charge in [0.25, 0.3) is 0 Å². The van der Waals surface area contributed by atoms with E-state index in [1.165, 1.54) is 18.3 Å². The van der Waals surface area contributed by atoms with Crippen LogP contribution in [0.15, 0.2) is 18.3 Å². The highest BCUT2D eigenvalue weighted by Crippen LogP contribution is 2.33. The number of hydrogen-bond donors (Lipinski definition) is 3. The predicted molar refractivity (Wildman–Crippen MR) is 75.8 cm³/mol. The van der Waals surface area contributed by atoms with Crippen LogP contribution in [0.2, 0.25) is 0 Å². The largest absolute Gasteiger partial charge is 0.390 e. The van der Waals surface area contributed by atoms with Crippen molar-refractivity contribution >= 4 is 17.4 Å². The summed E-state index contributed by atoms with van der Waals surface area (Å²) in [5.74, 6) is -1.04. The van der Waals surface area contributed by atoms with Gasteiger partial charge in [-0.05, 0) is 24.8 Å². The molecule has 22 heavy (non-hydrogen) atoms. The average molecular weight is 309 g/mol. The topological polar surface area (TPSA) is 149 Å². The fourth-order valence-electron chi connectivity index (χ4n) is 2.70. The number of nitrogens with zero attached hydrogens (tertiary/aromatic N) is 2. The summed E-state index contributed by atoms with van der Waals surface area (Å²) in [6.45, 7) is 0. The molecule has 1 aliphatic carbocycles. The van der Waals surface area contributed by atoms with Crippen LogP contribution in [0, 0.1) is 16.0 Å². The molecule has 119 valence electrons. The maximum absolute atomic E-state index is 10.9. The number of aromatic nitrogens is 1. The summed E-state index contributed by atoms with van der Waals surface area (Å²) in [6, 6.07) is 2.13. The second kappa shape index (κ2) is 6.67. The number of amides is 1. The van der Waals surface area contributed by atoms with Crippen molar-refractivity contribution in [2.75, 3.05) is 5.32 Å². The highest BCUT2D eigenvalue weighted by molar-refractivity contribution is 5.72. The van der Waals surface area contributed by atoms with Gasteiger partial charge in [0.1, 0.15) is 6.10 Å². The van der Waals surface area contributed by atoms with Crippen molar-refractivity contribution in [2.24, 2.45) is 5.92 Å². The molecule has 0 spiro atoms. The Morgan fingerprint density at radius 1 is 1.50 bits per heavy atom. The molecule has 4 unspecified atom stereocenters. The first-order valence-corrected chi connectivity index (χ1v) is 6.86. The van der Waals surface area contributed by atoms with E-state index in [1.807, 2.05) is 0 Å². The van der Waals surface area contributed by atoms with Gasteiger partial charge in [0.15, 0.2) is 0 Å². The molecule has 1 amide bonds. The Labute approximate surface area is 126 Å². The zero-order valence-corrected chi connectivity index (χ0v) is 11.7. The maximum atomic E-state index is 10.9. The second-order valence-corrected chi connectivity index (χ2v) is 5.32. The van der Waals surface area contributed by atoms with E-state index in [9.17, 15) is 25.1 Å². The molecule has 9 heteroatoms. The number of anilines is 1. The summed E-state index contributed by atoms with van der Waals surface area (Å²) in [4.78, 5) is 25.0. The molecule has 1 saturated carbocycles. The van der Waals surface area contributed by atoms with E-state index in [1.54, 1.807) is 0 Å². The van der Waals surface area contributed by atoms with E-state index >= 15 is 0 Å². The average Bonchev–Trinajstić information content (AvgIpc) is 2.73. The SMILES string of the molecule is [NH]C(=O)CCC1CC(Nc2ncccc2[N+](=O)[O-])C(O)C1O. The minimum Gasteiger partial charge on any atom is -0.390 e. The standard InChI is InChI=1S/C13H17N4O5/c14-10(18)4-3-7-6-8(12(20)11(7)19)16-13-9(17(21)22)2-1-5-15-13/h1-2,5,7-8,11-12,14,19-20H,3-4,6H2,(H,15,16). The summed E-state index contributed by atoms with van der Waals surface area (Å²) in [5.41, 5.74) is 6.67. The lowest BCUT2D eigenvalue weighted by Crippen LogP contribution is -2.35. The molecular formula is C13H17N4O5. The Balaban J connectivity index is 2.07. The van der Waals surface area contributed by atoms with Gasteiger partial charge in [-0.1, -0.05) is 0 Å². The van der Waals surface area contributed by atoms with Crippen LogP contribution in [0.3, 0.4) is 0 Å². The minimum absolute atomic E-state index is 0.00486. The third kappa shape index (κ3) is 3.49. The quantitative estimate of drug-likeness (QED) is 0.498. The number of hydrogen-bond acceptors (Lipinski definition) is 7. The van der Waals surface area contributed by atoms with E-state index in [0.29, 0.717) is 12.8 Å². The number of aliphatic hydroxyl groups excluding tert-OH is 2. The van der Waals surface area contributed by atoms with Crippen molar-refractivity contribution in [2.45, 2.75) is 37.5 Å². The number of carbonyl (C=O) groups is 1. The maximum Gasteiger partial charge on any atom is 0.311 e. The summed E-state index contributed by atoms with van der Waals surface area (Å²) in [7, 11) is 0. The molecule has 1 radical (unpaired) electrons. The summed E-state index contributed by atoms with van der Waals surface area (Å²) >= 11 is 0. The lowest BCUT2D eigenvalue weighted by Gasteiger charge is -2.18. The van der Waals surface area contributed by atoms with Crippen LogP contribution >= 0.6 is 0 Å². The van der Waals surface area contributed by atoms with Crippen LogP contribution in [-0.2, 0) is 4.79 Å².